The summed E-state index contributed by atoms with van der Waals surface area (Å²) < 4.78 is 4.92. The minimum Gasteiger partial charge on any atom is -0.385 e. The van der Waals surface area contributed by atoms with Gasteiger partial charge in [0.15, 0.2) is 0 Å². The zero-order valence-electron chi connectivity index (χ0n) is 10.6. The van der Waals surface area contributed by atoms with Crippen LogP contribution in [0.15, 0.2) is 0 Å². The molecule has 0 aromatic carbocycles. The number of nitrogens with zero attached hydrogens (tertiary/aromatic N) is 1. The smallest absolute Gasteiger partial charge is 0.240 e. The molecule has 1 aliphatic rings. The lowest BCUT2D eigenvalue weighted by Gasteiger charge is -2.23. The highest BCUT2D eigenvalue weighted by atomic mass is 16.5. The molecule has 0 bridgehead atoms. The molecule has 0 spiro atoms. The van der Waals surface area contributed by atoms with Gasteiger partial charge in [0.1, 0.15) is 5.41 Å². The van der Waals surface area contributed by atoms with Crippen molar-refractivity contribution in [3.8, 4) is 6.07 Å². The topological polar surface area (TPSA) is 62.1 Å². The number of carbonyl (C=O) groups is 1. The van der Waals surface area contributed by atoms with Crippen molar-refractivity contribution in [2.24, 2.45) is 5.41 Å². The normalized spacial score (nSPS) is 19.1. The average Bonchev–Trinajstić information content (AvgIpc) is 2.60. The fraction of sp³-hybridized carbons (Fsp3) is 0.846. The Morgan fingerprint density at radius 3 is 2.53 bits per heavy atom. The highest BCUT2D eigenvalue weighted by molar-refractivity contribution is 5.85. The molecule has 96 valence electrons. The molecule has 0 saturated heterocycles. The first-order valence-corrected chi connectivity index (χ1v) is 6.44. The highest BCUT2D eigenvalue weighted by Gasteiger charge is 2.38. The van der Waals surface area contributed by atoms with Gasteiger partial charge in [0.2, 0.25) is 5.91 Å². The second-order valence-electron chi connectivity index (χ2n) is 4.71. The number of rotatable bonds is 5. The summed E-state index contributed by atoms with van der Waals surface area (Å²) in [5.74, 6) is -0.0852. The summed E-state index contributed by atoms with van der Waals surface area (Å²) in [5.41, 5.74) is -0.774. The van der Waals surface area contributed by atoms with Crippen LogP contribution in [0.5, 0.6) is 0 Å². The van der Waals surface area contributed by atoms with E-state index in [9.17, 15) is 10.1 Å². The van der Waals surface area contributed by atoms with Gasteiger partial charge in [-0.15, -0.1) is 0 Å². The molecule has 0 radical (unpaired) electrons. The van der Waals surface area contributed by atoms with Gasteiger partial charge in [-0.2, -0.15) is 5.26 Å². The van der Waals surface area contributed by atoms with Crippen molar-refractivity contribution >= 4 is 5.91 Å². The first-order chi connectivity index (χ1) is 8.25. The lowest BCUT2D eigenvalue weighted by Crippen LogP contribution is -2.40. The van der Waals surface area contributed by atoms with E-state index in [1.165, 1.54) is 0 Å². The van der Waals surface area contributed by atoms with Crippen molar-refractivity contribution < 1.29 is 9.53 Å². The van der Waals surface area contributed by atoms with E-state index in [2.05, 4.69) is 11.4 Å². The molecule has 1 aliphatic carbocycles. The van der Waals surface area contributed by atoms with Crippen LogP contribution in [0.25, 0.3) is 0 Å². The third-order valence-electron chi connectivity index (χ3n) is 3.42. The summed E-state index contributed by atoms with van der Waals surface area (Å²) in [6, 6.07) is 2.25. The summed E-state index contributed by atoms with van der Waals surface area (Å²) in [6.07, 6.45) is 6.46. The summed E-state index contributed by atoms with van der Waals surface area (Å²) >= 11 is 0. The summed E-state index contributed by atoms with van der Waals surface area (Å²) in [4.78, 5) is 12.1. The lowest BCUT2D eigenvalue weighted by molar-refractivity contribution is -0.128. The maximum absolute atomic E-state index is 12.1. The van der Waals surface area contributed by atoms with Crippen molar-refractivity contribution in [3.63, 3.8) is 0 Å². The third-order valence-corrected chi connectivity index (χ3v) is 3.42. The Labute approximate surface area is 103 Å². The van der Waals surface area contributed by atoms with Gasteiger partial charge in [-0.25, -0.2) is 0 Å². The Morgan fingerprint density at radius 2 is 2.00 bits per heavy atom. The predicted octanol–water partition coefficient (Wildman–Crippen LogP) is 2.00. The number of hydrogen-bond acceptors (Lipinski definition) is 3. The van der Waals surface area contributed by atoms with Crippen molar-refractivity contribution in [3.05, 3.63) is 0 Å². The van der Waals surface area contributed by atoms with E-state index < -0.39 is 5.41 Å². The van der Waals surface area contributed by atoms with Gasteiger partial charge in [-0.1, -0.05) is 25.7 Å². The van der Waals surface area contributed by atoms with E-state index in [0.29, 0.717) is 26.0 Å². The Balaban J connectivity index is 2.47. The van der Waals surface area contributed by atoms with Gasteiger partial charge in [-0.05, 0) is 19.3 Å². The van der Waals surface area contributed by atoms with Crippen molar-refractivity contribution in [1.29, 1.82) is 5.26 Å². The monoisotopic (exact) mass is 238 g/mol. The molecule has 1 amide bonds. The molecule has 1 saturated carbocycles. The molecule has 0 aromatic heterocycles. The quantitative estimate of drug-likeness (QED) is 0.588. The fourth-order valence-electron chi connectivity index (χ4n) is 2.31. The first-order valence-electron chi connectivity index (χ1n) is 6.44. The van der Waals surface area contributed by atoms with E-state index in [4.69, 9.17) is 4.74 Å². The number of amides is 1. The summed E-state index contributed by atoms with van der Waals surface area (Å²) in [5, 5.41) is 12.2. The van der Waals surface area contributed by atoms with Gasteiger partial charge in [-0.3, -0.25) is 4.79 Å². The standard InChI is InChI=1S/C13H22N2O2/c1-17-10-6-9-15-12(16)13(11-14)7-4-2-3-5-8-13/h2-10H2,1H3,(H,15,16). The van der Waals surface area contributed by atoms with Crippen LogP contribution in [0.1, 0.15) is 44.9 Å². The third kappa shape index (κ3) is 4.01. The van der Waals surface area contributed by atoms with E-state index in [1.54, 1.807) is 7.11 Å². The molecule has 0 heterocycles. The predicted molar refractivity (Wildman–Crippen MR) is 65.3 cm³/mol. The van der Waals surface area contributed by atoms with Crippen LogP contribution in [0, 0.1) is 16.7 Å². The zero-order chi connectivity index (χ0) is 12.6. The summed E-state index contributed by atoms with van der Waals surface area (Å²) in [6.45, 7) is 1.23. The Hall–Kier alpha value is -1.08. The van der Waals surface area contributed by atoms with Crippen LogP contribution in [0.3, 0.4) is 0 Å². The van der Waals surface area contributed by atoms with E-state index in [0.717, 1.165) is 32.1 Å². The Bertz CT molecular complexity index is 276. The molecule has 1 fully saturated rings. The number of ether oxygens (including phenoxy) is 1. The number of hydrogen-bond donors (Lipinski definition) is 1. The van der Waals surface area contributed by atoms with Crippen LogP contribution in [0.4, 0.5) is 0 Å². The molecule has 0 aromatic rings. The second-order valence-corrected chi connectivity index (χ2v) is 4.71. The van der Waals surface area contributed by atoms with Crippen LogP contribution < -0.4 is 5.32 Å². The first kappa shape index (κ1) is 14.0. The molecule has 1 N–H and O–H groups in total. The van der Waals surface area contributed by atoms with Crippen molar-refractivity contribution in [2.75, 3.05) is 20.3 Å². The second kappa shape index (κ2) is 7.29. The maximum Gasteiger partial charge on any atom is 0.240 e. The number of carbonyl (C=O) groups excluding carboxylic acids is 1. The van der Waals surface area contributed by atoms with E-state index >= 15 is 0 Å². The Kier molecular flexibility index (Phi) is 5.99. The van der Waals surface area contributed by atoms with E-state index in [-0.39, 0.29) is 5.91 Å². The van der Waals surface area contributed by atoms with Gasteiger partial charge >= 0.3 is 0 Å². The van der Waals surface area contributed by atoms with Crippen LogP contribution in [-0.4, -0.2) is 26.2 Å². The number of methoxy groups -OCH3 is 1. The molecule has 0 aliphatic heterocycles. The Morgan fingerprint density at radius 1 is 1.35 bits per heavy atom. The summed E-state index contributed by atoms with van der Waals surface area (Å²) in [7, 11) is 1.64. The van der Waals surface area contributed by atoms with Gasteiger partial charge < -0.3 is 10.1 Å². The van der Waals surface area contributed by atoms with Crippen molar-refractivity contribution in [1.82, 2.24) is 5.32 Å². The molecular weight excluding hydrogens is 216 g/mol. The minimum absolute atomic E-state index is 0.0852. The van der Waals surface area contributed by atoms with Crippen molar-refractivity contribution in [2.45, 2.75) is 44.9 Å². The SMILES string of the molecule is COCCCNC(=O)C1(C#N)CCCCCC1. The number of nitriles is 1. The zero-order valence-corrected chi connectivity index (χ0v) is 10.6. The molecule has 1 rings (SSSR count). The molecule has 17 heavy (non-hydrogen) atoms. The van der Waals surface area contributed by atoms with Crippen LogP contribution >= 0.6 is 0 Å². The molecule has 0 unspecified atom stereocenters. The average molecular weight is 238 g/mol. The lowest BCUT2D eigenvalue weighted by atomic mass is 9.81. The van der Waals surface area contributed by atoms with Gasteiger partial charge in [0.05, 0.1) is 6.07 Å². The van der Waals surface area contributed by atoms with Crippen LogP contribution in [-0.2, 0) is 9.53 Å². The molecule has 4 heteroatoms. The molecule has 0 atom stereocenters. The van der Waals surface area contributed by atoms with Crippen LogP contribution in [0.2, 0.25) is 0 Å². The highest BCUT2D eigenvalue weighted by Crippen LogP contribution is 2.34. The van der Waals surface area contributed by atoms with E-state index in [1.807, 2.05) is 0 Å². The molecular formula is C13H22N2O2. The largest absolute Gasteiger partial charge is 0.385 e. The maximum atomic E-state index is 12.1. The molecule has 4 nitrogen and oxygen atoms in total. The number of nitrogens with one attached hydrogen (secondary N) is 1. The minimum atomic E-state index is -0.774. The van der Waals surface area contributed by atoms with Gasteiger partial charge in [0, 0.05) is 20.3 Å². The van der Waals surface area contributed by atoms with Gasteiger partial charge in [0.25, 0.3) is 0 Å². The fourth-order valence-corrected chi connectivity index (χ4v) is 2.31.